The molecular formula is C23H25FN3OS+. The molecule has 0 bridgehead atoms. The molecule has 0 spiro atoms. The standard InChI is InChI=1S/C23H24FN3OS/c1-16-2-4-17(5-3-16)12-27(13-18-6-8-19(24)9-7-18)14-22-26-21(15-29-22)23(28)25-20-10-11-20/h2-9,15,20H,10-14H2,1H3,(H,25,28)/p+1. The van der Waals surface area contributed by atoms with Crippen molar-refractivity contribution in [1.29, 1.82) is 0 Å². The van der Waals surface area contributed by atoms with Gasteiger partial charge >= 0.3 is 0 Å². The molecule has 4 nitrogen and oxygen atoms in total. The number of amides is 1. The second-order valence-electron chi connectivity index (χ2n) is 7.77. The summed E-state index contributed by atoms with van der Waals surface area (Å²) in [4.78, 5) is 18.1. The second-order valence-corrected chi connectivity index (χ2v) is 8.71. The summed E-state index contributed by atoms with van der Waals surface area (Å²) in [6, 6.07) is 15.5. The highest BCUT2D eigenvalue weighted by molar-refractivity contribution is 7.09. The molecule has 1 aliphatic rings. The number of carbonyl (C=O) groups is 1. The highest BCUT2D eigenvalue weighted by Gasteiger charge is 2.25. The normalized spacial score (nSPS) is 14.6. The first-order valence-electron chi connectivity index (χ1n) is 9.94. The van der Waals surface area contributed by atoms with Crippen molar-refractivity contribution in [3.8, 4) is 0 Å². The summed E-state index contributed by atoms with van der Waals surface area (Å²) in [6.45, 7) is 4.39. The number of benzene rings is 2. The molecule has 1 atom stereocenters. The zero-order valence-corrected chi connectivity index (χ0v) is 17.3. The lowest BCUT2D eigenvalue weighted by molar-refractivity contribution is -0.941. The van der Waals surface area contributed by atoms with E-state index in [4.69, 9.17) is 0 Å². The first-order valence-corrected chi connectivity index (χ1v) is 10.8. The quantitative estimate of drug-likeness (QED) is 0.599. The van der Waals surface area contributed by atoms with Crippen LogP contribution in [-0.4, -0.2) is 16.9 Å². The largest absolute Gasteiger partial charge is 0.348 e. The van der Waals surface area contributed by atoms with E-state index in [2.05, 4.69) is 41.5 Å². The number of quaternary nitrogens is 1. The van der Waals surface area contributed by atoms with Crippen molar-refractivity contribution in [1.82, 2.24) is 10.3 Å². The first kappa shape index (κ1) is 19.7. The van der Waals surface area contributed by atoms with Crippen molar-refractivity contribution in [2.24, 2.45) is 0 Å². The van der Waals surface area contributed by atoms with Crippen LogP contribution in [0, 0.1) is 12.7 Å². The third kappa shape index (κ3) is 5.71. The molecule has 3 aromatic rings. The van der Waals surface area contributed by atoms with Gasteiger partial charge in [-0.25, -0.2) is 9.37 Å². The van der Waals surface area contributed by atoms with Gasteiger partial charge in [-0.3, -0.25) is 4.79 Å². The van der Waals surface area contributed by atoms with Gasteiger partial charge in [-0.05, 0) is 31.9 Å². The lowest BCUT2D eigenvalue weighted by Gasteiger charge is -2.19. The van der Waals surface area contributed by atoms with E-state index in [-0.39, 0.29) is 11.7 Å². The Bertz CT molecular complexity index is 917. The fourth-order valence-electron chi connectivity index (χ4n) is 3.27. The Morgan fingerprint density at radius 1 is 1.07 bits per heavy atom. The summed E-state index contributed by atoms with van der Waals surface area (Å²) in [5.74, 6) is -0.298. The second kappa shape index (κ2) is 8.84. The lowest BCUT2D eigenvalue weighted by atomic mass is 10.1. The molecule has 1 fully saturated rings. The number of aryl methyl sites for hydroxylation is 1. The van der Waals surface area contributed by atoms with Crippen LogP contribution in [0.4, 0.5) is 4.39 Å². The number of halogens is 1. The van der Waals surface area contributed by atoms with Crippen LogP contribution in [0.1, 0.15) is 45.0 Å². The third-order valence-corrected chi connectivity index (χ3v) is 5.89. The lowest BCUT2D eigenvalue weighted by Crippen LogP contribution is -3.08. The van der Waals surface area contributed by atoms with Gasteiger partial charge < -0.3 is 10.2 Å². The van der Waals surface area contributed by atoms with Gasteiger partial charge in [-0.1, -0.05) is 42.0 Å². The van der Waals surface area contributed by atoms with Gasteiger partial charge in [0.05, 0.1) is 0 Å². The molecule has 4 rings (SSSR count). The molecule has 1 amide bonds. The van der Waals surface area contributed by atoms with Crippen LogP contribution < -0.4 is 10.2 Å². The molecule has 2 aromatic carbocycles. The number of rotatable bonds is 8. The van der Waals surface area contributed by atoms with Crippen molar-refractivity contribution < 1.29 is 14.1 Å². The SMILES string of the molecule is Cc1ccc(C[NH+](Cc2ccc(F)cc2)Cc2nc(C(=O)NC3CC3)cs2)cc1. The van der Waals surface area contributed by atoms with E-state index in [9.17, 15) is 9.18 Å². The zero-order valence-electron chi connectivity index (χ0n) is 16.5. The van der Waals surface area contributed by atoms with E-state index in [1.54, 1.807) is 0 Å². The van der Waals surface area contributed by atoms with Crippen molar-refractivity contribution in [3.05, 3.63) is 87.1 Å². The molecule has 0 saturated heterocycles. The monoisotopic (exact) mass is 410 g/mol. The van der Waals surface area contributed by atoms with Gasteiger partial charge in [0.25, 0.3) is 5.91 Å². The molecule has 1 aromatic heterocycles. The molecule has 1 unspecified atom stereocenters. The minimum Gasteiger partial charge on any atom is -0.348 e. The minimum atomic E-state index is -0.222. The molecule has 29 heavy (non-hydrogen) atoms. The van der Waals surface area contributed by atoms with E-state index in [1.807, 2.05) is 17.5 Å². The molecule has 0 aliphatic heterocycles. The van der Waals surface area contributed by atoms with Crippen LogP contribution in [0.15, 0.2) is 53.9 Å². The predicted octanol–water partition coefficient (Wildman–Crippen LogP) is 3.27. The highest BCUT2D eigenvalue weighted by Crippen LogP contribution is 2.19. The maximum Gasteiger partial charge on any atom is 0.270 e. The average Bonchev–Trinajstić information content (AvgIpc) is 3.40. The van der Waals surface area contributed by atoms with E-state index in [1.165, 1.54) is 39.5 Å². The predicted molar refractivity (Wildman–Crippen MR) is 112 cm³/mol. The number of nitrogens with zero attached hydrogens (tertiary/aromatic N) is 1. The number of hydrogen-bond donors (Lipinski definition) is 2. The summed E-state index contributed by atoms with van der Waals surface area (Å²) in [7, 11) is 0. The summed E-state index contributed by atoms with van der Waals surface area (Å²) in [5.41, 5.74) is 4.07. The Balaban J connectivity index is 1.47. The maximum atomic E-state index is 13.3. The molecule has 2 N–H and O–H groups in total. The van der Waals surface area contributed by atoms with Gasteiger partial charge in [-0.2, -0.15) is 0 Å². The van der Waals surface area contributed by atoms with Gasteiger partial charge in [0.1, 0.15) is 36.2 Å². The molecule has 1 saturated carbocycles. The number of aromatic nitrogens is 1. The zero-order chi connectivity index (χ0) is 20.2. The van der Waals surface area contributed by atoms with Crippen LogP contribution in [0.25, 0.3) is 0 Å². The minimum absolute atomic E-state index is 0.0754. The van der Waals surface area contributed by atoms with Crippen molar-refractivity contribution in [2.45, 2.75) is 45.4 Å². The molecule has 1 heterocycles. The van der Waals surface area contributed by atoms with E-state index >= 15 is 0 Å². The number of thiazole rings is 1. The van der Waals surface area contributed by atoms with Gasteiger partial charge in [0.2, 0.25) is 0 Å². The van der Waals surface area contributed by atoms with Crippen LogP contribution in [0.3, 0.4) is 0 Å². The van der Waals surface area contributed by atoms with Gasteiger partial charge in [0.15, 0.2) is 0 Å². The molecule has 1 aliphatic carbocycles. The smallest absolute Gasteiger partial charge is 0.270 e. The topological polar surface area (TPSA) is 46.4 Å². The summed E-state index contributed by atoms with van der Waals surface area (Å²) in [6.07, 6.45) is 2.13. The molecular weight excluding hydrogens is 385 g/mol. The van der Waals surface area contributed by atoms with Gasteiger partial charge in [-0.15, -0.1) is 11.3 Å². The van der Waals surface area contributed by atoms with Crippen molar-refractivity contribution in [3.63, 3.8) is 0 Å². The van der Waals surface area contributed by atoms with Crippen LogP contribution >= 0.6 is 11.3 Å². The third-order valence-electron chi connectivity index (χ3n) is 5.04. The van der Waals surface area contributed by atoms with Crippen molar-refractivity contribution in [2.75, 3.05) is 0 Å². The van der Waals surface area contributed by atoms with Crippen LogP contribution in [-0.2, 0) is 19.6 Å². The van der Waals surface area contributed by atoms with Crippen LogP contribution in [0.5, 0.6) is 0 Å². The summed E-state index contributed by atoms with van der Waals surface area (Å²) >= 11 is 1.53. The summed E-state index contributed by atoms with van der Waals surface area (Å²) < 4.78 is 13.3. The highest BCUT2D eigenvalue weighted by atomic mass is 32.1. The summed E-state index contributed by atoms with van der Waals surface area (Å²) in [5, 5.41) is 5.77. The van der Waals surface area contributed by atoms with E-state index in [0.29, 0.717) is 18.3 Å². The molecule has 0 radical (unpaired) electrons. The Morgan fingerprint density at radius 2 is 1.69 bits per heavy atom. The Kier molecular flexibility index (Phi) is 6.02. The average molecular weight is 411 g/mol. The van der Waals surface area contributed by atoms with Gasteiger partial charge in [0, 0.05) is 22.5 Å². The fraction of sp³-hybridized carbons (Fsp3) is 0.304. The number of hydrogen-bond acceptors (Lipinski definition) is 3. The maximum absolute atomic E-state index is 13.3. The Morgan fingerprint density at radius 3 is 2.31 bits per heavy atom. The fourth-order valence-corrected chi connectivity index (χ4v) is 4.12. The first-order chi connectivity index (χ1) is 14.0. The van der Waals surface area contributed by atoms with Crippen LogP contribution in [0.2, 0.25) is 0 Å². The van der Waals surface area contributed by atoms with E-state index < -0.39 is 0 Å². The molecule has 6 heteroatoms. The number of carbonyl (C=O) groups excluding carboxylic acids is 1. The molecule has 150 valence electrons. The Hall–Kier alpha value is -2.57. The Labute approximate surface area is 174 Å². The van der Waals surface area contributed by atoms with Crippen molar-refractivity contribution >= 4 is 17.2 Å². The number of nitrogens with one attached hydrogen (secondary N) is 2. The van der Waals surface area contributed by atoms with E-state index in [0.717, 1.165) is 36.5 Å².